The molecule has 0 aromatic heterocycles. The molecule has 8 heteroatoms. The number of halogens is 1. The summed E-state index contributed by atoms with van der Waals surface area (Å²) in [5.41, 5.74) is -0.760. The van der Waals surface area contributed by atoms with E-state index in [4.69, 9.17) is 0 Å². The number of nitrogens with one attached hydrogen (secondary N) is 2. The summed E-state index contributed by atoms with van der Waals surface area (Å²) in [4.78, 5) is 40.3. The minimum Gasteiger partial charge on any atom is -0.340 e. The fourth-order valence-electron chi connectivity index (χ4n) is 3.74. The predicted octanol–water partition coefficient (Wildman–Crippen LogP) is 0.731. The van der Waals surface area contributed by atoms with E-state index >= 15 is 0 Å². The first-order chi connectivity index (χ1) is 11.0. The number of rotatable bonds is 2. The van der Waals surface area contributed by atoms with Crippen molar-refractivity contribution in [2.75, 3.05) is 32.7 Å². The third kappa shape index (κ3) is 3.67. The molecule has 3 rings (SSSR count). The first-order valence-electron chi connectivity index (χ1n) is 8.64. The molecule has 0 aromatic carbocycles. The Labute approximate surface area is 148 Å². The van der Waals surface area contributed by atoms with Gasteiger partial charge in [0.05, 0.1) is 0 Å². The standard InChI is InChI=1S/C16H26N4O3.ClH/c1-12-3-5-16(6-4-12)14(22)20(15(23)18-16)11-13(21)19-9-2-7-17-8-10-19;/h12,17H,2-11H2,1H3,(H,18,23);1H. The van der Waals surface area contributed by atoms with Crippen LogP contribution in [0.3, 0.4) is 0 Å². The van der Waals surface area contributed by atoms with Crippen LogP contribution >= 0.6 is 12.4 Å². The highest BCUT2D eigenvalue weighted by Crippen LogP contribution is 2.36. The fourth-order valence-corrected chi connectivity index (χ4v) is 3.74. The maximum Gasteiger partial charge on any atom is 0.325 e. The van der Waals surface area contributed by atoms with Gasteiger partial charge in [-0.2, -0.15) is 0 Å². The second kappa shape index (κ2) is 7.70. The molecule has 2 N–H and O–H groups in total. The minimum absolute atomic E-state index is 0. The lowest BCUT2D eigenvalue weighted by atomic mass is 9.77. The molecule has 7 nitrogen and oxygen atoms in total. The number of carbonyl (C=O) groups is 3. The van der Waals surface area contributed by atoms with E-state index in [1.165, 1.54) is 0 Å². The van der Waals surface area contributed by atoms with Crippen LogP contribution in [0.2, 0.25) is 0 Å². The van der Waals surface area contributed by atoms with Gasteiger partial charge in [0.25, 0.3) is 5.91 Å². The Morgan fingerprint density at radius 2 is 1.92 bits per heavy atom. The van der Waals surface area contributed by atoms with Gasteiger partial charge in [0.15, 0.2) is 0 Å². The van der Waals surface area contributed by atoms with Crippen LogP contribution < -0.4 is 10.6 Å². The number of hydrogen-bond donors (Lipinski definition) is 2. The molecule has 2 heterocycles. The van der Waals surface area contributed by atoms with Crippen LogP contribution in [-0.4, -0.2) is 65.9 Å². The first kappa shape index (κ1) is 19.0. The molecule has 0 aromatic rings. The summed E-state index contributed by atoms with van der Waals surface area (Å²) >= 11 is 0. The molecule has 0 atom stereocenters. The van der Waals surface area contributed by atoms with Gasteiger partial charge in [0.1, 0.15) is 12.1 Å². The Balaban J connectivity index is 0.00000208. The van der Waals surface area contributed by atoms with Crippen molar-refractivity contribution in [3.8, 4) is 0 Å². The molecule has 2 aliphatic heterocycles. The normalized spacial score (nSPS) is 30.8. The minimum atomic E-state index is -0.760. The van der Waals surface area contributed by atoms with Crippen molar-refractivity contribution < 1.29 is 14.4 Å². The van der Waals surface area contributed by atoms with Crippen LogP contribution in [0.1, 0.15) is 39.0 Å². The van der Waals surface area contributed by atoms with E-state index in [1.54, 1.807) is 4.90 Å². The van der Waals surface area contributed by atoms with E-state index in [0.29, 0.717) is 31.8 Å². The van der Waals surface area contributed by atoms with Gasteiger partial charge < -0.3 is 15.5 Å². The monoisotopic (exact) mass is 358 g/mol. The van der Waals surface area contributed by atoms with Crippen molar-refractivity contribution in [2.24, 2.45) is 5.92 Å². The molecule has 3 fully saturated rings. The number of imide groups is 1. The van der Waals surface area contributed by atoms with Gasteiger partial charge in [-0.3, -0.25) is 14.5 Å². The van der Waals surface area contributed by atoms with Crippen LogP contribution in [0.25, 0.3) is 0 Å². The molecule has 0 radical (unpaired) electrons. The van der Waals surface area contributed by atoms with Crippen molar-refractivity contribution >= 4 is 30.3 Å². The topological polar surface area (TPSA) is 81.8 Å². The third-order valence-electron chi connectivity index (χ3n) is 5.36. The molecular weight excluding hydrogens is 332 g/mol. The van der Waals surface area contributed by atoms with Crippen LogP contribution in [-0.2, 0) is 9.59 Å². The molecule has 0 bridgehead atoms. The lowest BCUT2D eigenvalue weighted by Crippen LogP contribution is -2.50. The largest absolute Gasteiger partial charge is 0.340 e. The molecule has 3 aliphatic rings. The summed E-state index contributed by atoms with van der Waals surface area (Å²) < 4.78 is 0. The highest BCUT2D eigenvalue weighted by molar-refractivity contribution is 6.09. The Kier molecular flexibility index (Phi) is 6.09. The number of amides is 4. The molecule has 1 aliphatic carbocycles. The van der Waals surface area contributed by atoms with Crippen molar-refractivity contribution in [1.29, 1.82) is 0 Å². The summed E-state index contributed by atoms with van der Waals surface area (Å²) in [6.07, 6.45) is 4.12. The van der Waals surface area contributed by atoms with Gasteiger partial charge in [-0.05, 0) is 44.6 Å². The lowest BCUT2D eigenvalue weighted by Gasteiger charge is -2.33. The highest BCUT2D eigenvalue weighted by atomic mass is 35.5. The number of hydrogen-bond acceptors (Lipinski definition) is 4. The van der Waals surface area contributed by atoms with E-state index in [-0.39, 0.29) is 30.8 Å². The molecule has 1 spiro atoms. The van der Waals surface area contributed by atoms with Crippen molar-refractivity contribution in [2.45, 2.75) is 44.6 Å². The smallest absolute Gasteiger partial charge is 0.325 e. The highest BCUT2D eigenvalue weighted by Gasteiger charge is 2.52. The molecule has 1 saturated carbocycles. The number of urea groups is 1. The van der Waals surface area contributed by atoms with Crippen molar-refractivity contribution in [3.05, 3.63) is 0 Å². The molecule has 0 unspecified atom stereocenters. The average Bonchev–Trinajstić information content (AvgIpc) is 2.75. The zero-order chi connectivity index (χ0) is 16.4. The van der Waals surface area contributed by atoms with E-state index < -0.39 is 11.6 Å². The Bertz CT molecular complexity index is 498. The Hall–Kier alpha value is -1.34. The van der Waals surface area contributed by atoms with Gasteiger partial charge in [-0.25, -0.2) is 4.79 Å². The van der Waals surface area contributed by atoms with Gasteiger partial charge in [0, 0.05) is 19.6 Å². The SMILES string of the molecule is CC1CCC2(CC1)NC(=O)N(CC(=O)N1CCCNCC1)C2=O.Cl. The second-order valence-corrected chi connectivity index (χ2v) is 7.07. The fraction of sp³-hybridized carbons (Fsp3) is 0.812. The Morgan fingerprint density at radius 3 is 2.62 bits per heavy atom. The van der Waals surface area contributed by atoms with Crippen LogP contribution in [0.4, 0.5) is 4.79 Å². The molecule has 136 valence electrons. The number of carbonyl (C=O) groups excluding carboxylic acids is 3. The van der Waals surface area contributed by atoms with Crippen LogP contribution in [0.5, 0.6) is 0 Å². The van der Waals surface area contributed by atoms with Gasteiger partial charge in [-0.15, -0.1) is 12.4 Å². The summed E-state index contributed by atoms with van der Waals surface area (Å²) in [6.45, 7) is 5.00. The van der Waals surface area contributed by atoms with Crippen LogP contribution in [0.15, 0.2) is 0 Å². The van der Waals surface area contributed by atoms with Crippen molar-refractivity contribution in [3.63, 3.8) is 0 Å². The van der Waals surface area contributed by atoms with E-state index in [1.807, 2.05) is 0 Å². The quantitative estimate of drug-likeness (QED) is 0.713. The summed E-state index contributed by atoms with van der Waals surface area (Å²) in [5, 5.41) is 6.10. The first-order valence-corrected chi connectivity index (χ1v) is 8.64. The summed E-state index contributed by atoms with van der Waals surface area (Å²) in [5.74, 6) is 0.236. The average molecular weight is 359 g/mol. The maximum absolute atomic E-state index is 12.7. The zero-order valence-corrected chi connectivity index (χ0v) is 15.0. The third-order valence-corrected chi connectivity index (χ3v) is 5.36. The molecule has 2 saturated heterocycles. The summed E-state index contributed by atoms with van der Waals surface area (Å²) in [6, 6.07) is -0.411. The number of nitrogens with zero attached hydrogens (tertiary/aromatic N) is 2. The maximum atomic E-state index is 12.7. The van der Waals surface area contributed by atoms with E-state index in [2.05, 4.69) is 17.6 Å². The molecular formula is C16H27ClN4O3. The van der Waals surface area contributed by atoms with Gasteiger partial charge in [-0.1, -0.05) is 6.92 Å². The summed E-state index contributed by atoms with van der Waals surface area (Å²) in [7, 11) is 0. The van der Waals surface area contributed by atoms with E-state index in [9.17, 15) is 14.4 Å². The second-order valence-electron chi connectivity index (χ2n) is 7.07. The molecule has 24 heavy (non-hydrogen) atoms. The zero-order valence-electron chi connectivity index (χ0n) is 14.2. The van der Waals surface area contributed by atoms with Crippen molar-refractivity contribution in [1.82, 2.24) is 20.4 Å². The Morgan fingerprint density at radius 1 is 1.21 bits per heavy atom. The van der Waals surface area contributed by atoms with E-state index in [0.717, 1.165) is 37.3 Å². The van der Waals surface area contributed by atoms with Crippen LogP contribution in [0, 0.1) is 5.92 Å². The lowest BCUT2D eigenvalue weighted by molar-refractivity contribution is -0.139. The van der Waals surface area contributed by atoms with Gasteiger partial charge >= 0.3 is 6.03 Å². The van der Waals surface area contributed by atoms with Gasteiger partial charge in [0.2, 0.25) is 5.91 Å². The predicted molar refractivity (Wildman–Crippen MR) is 91.9 cm³/mol. The molecule has 4 amide bonds.